The zero-order chi connectivity index (χ0) is 25.5. The van der Waals surface area contributed by atoms with Crippen molar-refractivity contribution in [3.05, 3.63) is 126 Å². The van der Waals surface area contributed by atoms with Gasteiger partial charge in [-0.1, -0.05) is 78.9 Å². The molecule has 4 aromatic carbocycles. The number of hydrogen-bond acceptors (Lipinski definition) is 4. The van der Waals surface area contributed by atoms with Crippen molar-refractivity contribution in [2.24, 2.45) is 4.99 Å². The Kier molecular flexibility index (Phi) is 7.63. The summed E-state index contributed by atoms with van der Waals surface area (Å²) in [7, 11) is 2.13. The number of H-pyrrole nitrogens is 1. The van der Waals surface area contributed by atoms with E-state index in [2.05, 4.69) is 41.2 Å². The van der Waals surface area contributed by atoms with Crippen LogP contribution in [0.2, 0.25) is 0 Å². The summed E-state index contributed by atoms with van der Waals surface area (Å²) in [6, 6.07) is 36.1. The minimum atomic E-state index is 0.112. The number of para-hydroxylation sites is 1. The van der Waals surface area contributed by atoms with E-state index in [9.17, 15) is 5.11 Å². The number of fused-ring (bicyclic) bond motifs is 1. The molecule has 0 aliphatic heterocycles. The molecule has 5 aromatic rings. The summed E-state index contributed by atoms with van der Waals surface area (Å²) in [6.07, 6.45) is 0.946. The molecule has 0 aliphatic rings. The number of aliphatic imine (C=N–C) groups is 1. The maximum atomic E-state index is 10.8. The molecule has 186 valence electrons. The molecule has 2 N–H and O–H groups in total. The first-order chi connectivity index (χ1) is 18.2. The maximum absolute atomic E-state index is 10.8. The van der Waals surface area contributed by atoms with Gasteiger partial charge in [0.2, 0.25) is 0 Å². The largest absolute Gasteiger partial charge is 0.494 e. The van der Waals surface area contributed by atoms with Gasteiger partial charge in [-0.15, -0.1) is 0 Å². The molecule has 5 heteroatoms. The quantitative estimate of drug-likeness (QED) is 0.165. The fourth-order valence-corrected chi connectivity index (χ4v) is 4.47. The van der Waals surface area contributed by atoms with Crippen LogP contribution in [0, 0.1) is 0 Å². The lowest BCUT2D eigenvalue weighted by molar-refractivity contribution is 0.259. The highest BCUT2D eigenvalue weighted by Gasteiger charge is 2.18. The third kappa shape index (κ3) is 6.08. The van der Waals surface area contributed by atoms with Gasteiger partial charge >= 0.3 is 0 Å². The smallest absolute Gasteiger partial charge is 0.199 e. The predicted molar refractivity (Wildman–Crippen MR) is 151 cm³/mol. The normalized spacial score (nSPS) is 11.8. The Morgan fingerprint density at radius 1 is 0.838 bits per heavy atom. The molecule has 1 aromatic heterocycles. The first kappa shape index (κ1) is 24.3. The van der Waals surface area contributed by atoms with Crippen LogP contribution in [0.1, 0.15) is 23.1 Å². The Hall–Kier alpha value is -4.35. The summed E-state index contributed by atoms with van der Waals surface area (Å²) in [4.78, 5) is 10.3. The standard InChI is InChI=1S/C32H31N3O2/c1-35(23-24-11-4-2-5-12-24)21-10-22-37-27-19-17-26(18-20-27)33-31(25-13-6-3-7-14-25)30-28-15-8-9-16-29(28)34-32(30)36/h2-9,11-20,34,36H,10,21-23H2,1H3. The summed E-state index contributed by atoms with van der Waals surface area (Å²) in [5.74, 6) is 0.932. The van der Waals surface area contributed by atoms with E-state index in [1.165, 1.54) is 5.56 Å². The number of aromatic hydroxyl groups is 1. The summed E-state index contributed by atoms with van der Waals surface area (Å²) >= 11 is 0. The third-order valence-corrected chi connectivity index (χ3v) is 6.30. The Balaban J connectivity index is 1.27. The molecular formula is C32H31N3O2. The molecule has 0 radical (unpaired) electrons. The Morgan fingerprint density at radius 3 is 2.27 bits per heavy atom. The van der Waals surface area contributed by atoms with Crippen molar-refractivity contribution in [2.75, 3.05) is 20.2 Å². The minimum absolute atomic E-state index is 0.112. The van der Waals surface area contributed by atoms with Crippen molar-refractivity contribution >= 4 is 22.3 Å². The molecule has 0 unspecified atom stereocenters. The lowest BCUT2D eigenvalue weighted by Crippen LogP contribution is -2.20. The molecule has 1 heterocycles. The van der Waals surface area contributed by atoms with Crippen LogP contribution in [0.3, 0.4) is 0 Å². The minimum Gasteiger partial charge on any atom is -0.494 e. The number of nitrogens with zero attached hydrogens (tertiary/aromatic N) is 2. The molecular weight excluding hydrogens is 458 g/mol. The van der Waals surface area contributed by atoms with Gasteiger partial charge < -0.3 is 19.7 Å². The highest BCUT2D eigenvalue weighted by molar-refractivity contribution is 6.21. The van der Waals surface area contributed by atoms with Gasteiger partial charge in [0.25, 0.3) is 0 Å². The van der Waals surface area contributed by atoms with Gasteiger partial charge in [-0.05, 0) is 49.4 Å². The molecule has 0 saturated carbocycles. The third-order valence-electron chi connectivity index (χ3n) is 6.30. The SMILES string of the molecule is CN(CCCOc1ccc(N=C(c2ccccc2)c2c(O)[nH]c3ccccc23)cc1)Cc1ccccc1. The van der Waals surface area contributed by atoms with Gasteiger partial charge in [0.1, 0.15) is 5.75 Å². The molecule has 0 amide bonds. The van der Waals surface area contributed by atoms with Crippen molar-refractivity contribution in [3.63, 3.8) is 0 Å². The fraction of sp³-hybridized carbons (Fsp3) is 0.156. The van der Waals surface area contributed by atoms with Gasteiger partial charge in [0.15, 0.2) is 5.88 Å². The molecule has 0 bridgehead atoms. The molecule has 5 rings (SSSR count). The predicted octanol–water partition coefficient (Wildman–Crippen LogP) is 6.94. The van der Waals surface area contributed by atoms with Crippen LogP contribution in [0.15, 0.2) is 114 Å². The van der Waals surface area contributed by atoms with Crippen molar-refractivity contribution in [1.82, 2.24) is 9.88 Å². The molecule has 0 saturated heterocycles. The van der Waals surface area contributed by atoms with E-state index in [1.54, 1.807) is 0 Å². The van der Waals surface area contributed by atoms with E-state index in [0.29, 0.717) is 17.9 Å². The van der Waals surface area contributed by atoms with E-state index in [-0.39, 0.29) is 5.88 Å². The Bertz CT molecular complexity index is 1460. The van der Waals surface area contributed by atoms with Crippen LogP contribution < -0.4 is 4.74 Å². The van der Waals surface area contributed by atoms with E-state index < -0.39 is 0 Å². The number of hydrogen-bond donors (Lipinski definition) is 2. The molecule has 0 aliphatic carbocycles. The van der Waals surface area contributed by atoms with Crippen LogP contribution in [-0.2, 0) is 6.54 Å². The van der Waals surface area contributed by atoms with Crippen LogP contribution in [0.4, 0.5) is 5.69 Å². The van der Waals surface area contributed by atoms with Crippen LogP contribution in [0.25, 0.3) is 10.9 Å². The van der Waals surface area contributed by atoms with Crippen molar-refractivity contribution in [1.29, 1.82) is 0 Å². The summed E-state index contributed by atoms with van der Waals surface area (Å²) in [5.41, 5.74) is 5.32. The Morgan fingerprint density at radius 2 is 1.51 bits per heavy atom. The van der Waals surface area contributed by atoms with Crippen LogP contribution in [0.5, 0.6) is 11.6 Å². The number of benzene rings is 4. The summed E-state index contributed by atoms with van der Waals surface area (Å²) in [6.45, 7) is 2.55. The van der Waals surface area contributed by atoms with E-state index >= 15 is 0 Å². The summed E-state index contributed by atoms with van der Waals surface area (Å²) in [5, 5.41) is 11.7. The number of aromatic nitrogens is 1. The van der Waals surface area contributed by atoms with Gasteiger partial charge in [0.05, 0.1) is 23.6 Å². The summed E-state index contributed by atoms with van der Waals surface area (Å²) < 4.78 is 5.98. The monoisotopic (exact) mass is 489 g/mol. The molecule has 5 nitrogen and oxygen atoms in total. The van der Waals surface area contributed by atoms with E-state index in [4.69, 9.17) is 9.73 Å². The van der Waals surface area contributed by atoms with Crippen molar-refractivity contribution in [3.8, 4) is 11.6 Å². The average molecular weight is 490 g/mol. The average Bonchev–Trinajstić information content (AvgIpc) is 3.27. The van der Waals surface area contributed by atoms with Crippen molar-refractivity contribution < 1.29 is 9.84 Å². The first-order valence-corrected chi connectivity index (χ1v) is 12.6. The number of rotatable bonds is 10. The first-order valence-electron chi connectivity index (χ1n) is 12.6. The highest BCUT2D eigenvalue weighted by atomic mass is 16.5. The lowest BCUT2D eigenvalue weighted by atomic mass is 10.0. The second-order valence-corrected chi connectivity index (χ2v) is 9.14. The zero-order valence-electron chi connectivity index (χ0n) is 21.0. The molecule has 37 heavy (non-hydrogen) atoms. The van der Waals surface area contributed by atoms with Gasteiger partial charge in [-0.25, -0.2) is 4.99 Å². The number of nitrogens with one attached hydrogen (secondary N) is 1. The van der Waals surface area contributed by atoms with Gasteiger partial charge in [-0.3, -0.25) is 0 Å². The Labute approximate surface area is 217 Å². The molecule has 0 spiro atoms. The second-order valence-electron chi connectivity index (χ2n) is 9.14. The maximum Gasteiger partial charge on any atom is 0.199 e. The fourth-order valence-electron chi connectivity index (χ4n) is 4.47. The lowest BCUT2D eigenvalue weighted by Gasteiger charge is -2.16. The van der Waals surface area contributed by atoms with Crippen LogP contribution >= 0.6 is 0 Å². The number of aromatic amines is 1. The van der Waals surface area contributed by atoms with Crippen LogP contribution in [-0.4, -0.2) is 40.9 Å². The van der Waals surface area contributed by atoms with Gasteiger partial charge in [0, 0.05) is 29.6 Å². The molecule has 0 fully saturated rings. The highest BCUT2D eigenvalue weighted by Crippen LogP contribution is 2.31. The molecule has 0 atom stereocenters. The van der Waals surface area contributed by atoms with Crippen molar-refractivity contribution in [2.45, 2.75) is 13.0 Å². The topological polar surface area (TPSA) is 60.9 Å². The second kappa shape index (κ2) is 11.6. The number of ether oxygens (including phenoxy) is 1. The van der Waals surface area contributed by atoms with E-state index in [0.717, 1.165) is 47.4 Å². The zero-order valence-corrected chi connectivity index (χ0v) is 21.0. The van der Waals surface area contributed by atoms with E-state index in [1.807, 2.05) is 84.9 Å². The van der Waals surface area contributed by atoms with Gasteiger partial charge in [-0.2, -0.15) is 0 Å².